The van der Waals surface area contributed by atoms with Crippen LogP contribution in [0, 0.1) is 0 Å². The van der Waals surface area contributed by atoms with Crippen LogP contribution in [0.1, 0.15) is 26.8 Å². The number of thiophene rings is 1. The standard InChI is InChI=1S/C19H18ClNO3S2/c20-15-5-3-14(4-6-15)12-26(23)13-16-7-8-18(24-16)19(22)21-10-9-17-2-1-11-25-17/h1-8,11H,9-10,12-13H2,(H,21,22)/t26-/m0/s1. The zero-order chi connectivity index (χ0) is 18.4. The fourth-order valence-corrected chi connectivity index (χ4v) is 4.37. The first-order valence-corrected chi connectivity index (χ1v) is 10.8. The normalized spacial score (nSPS) is 12.0. The highest BCUT2D eigenvalue weighted by Gasteiger charge is 2.13. The highest BCUT2D eigenvalue weighted by atomic mass is 35.5. The lowest BCUT2D eigenvalue weighted by atomic mass is 10.2. The third-order valence-corrected chi connectivity index (χ3v) is 6.12. The van der Waals surface area contributed by atoms with E-state index in [0.717, 1.165) is 12.0 Å². The number of hydrogen-bond acceptors (Lipinski definition) is 4. The minimum Gasteiger partial charge on any atom is -0.455 e. The van der Waals surface area contributed by atoms with Gasteiger partial charge in [-0.3, -0.25) is 9.00 Å². The van der Waals surface area contributed by atoms with E-state index in [1.165, 1.54) is 4.88 Å². The molecule has 0 saturated carbocycles. The molecular weight excluding hydrogens is 390 g/mol. The molecule has 0 fully saturated rings. The summed E-state index contributed by atoms with van der Waals surface area (Å²) in [5, 5.41) is 5.50. The van der Waals surface area contributed by atoms with Gasteiger partial charge in [-0.2, -0.15) is 0 Å². The van der Waals surface area contributed by atoms with Crippen LogP contribution in [0.4, 0.5) is 0 Å². The number of rotatable bonds is 8. The van der Waals surface area contributed by atoms with Crippen molar-refractivity contribution >= 4 is 39.6 Å². The highest BCUT2D eigenvalue weighted by Crippen LogP contribution is 2.15. The van der Waals surface area contributed by atoms with Crippen molar-refractivity contribution in [3.05, 3.63) is 80.9 Å². The van der Waals surface area contributed by atoms with Crippen LogP contribution in [0.2, 0.25) is 5.02 Å². The molecule has 0 aliphatic heterocycles. The molecule has 7 heteroatoms. The summed E-state index contributed by atoms with van der Waals surface area (Å²) in [5.74, 6) is 1.22. The Morgan fingerprint density at radius 2 is 1.92 bits per heavy atom. The second kappa shape index (κ2) is 9.16. The quantitative estimate of drug-likeness (QED) is 0.601. The number of benzene rings is 1. The highest BCUT2D eigenvalue weighted by molar-refractivity contribution is 7.83. The molecular formula is C19H18ClNO3S2. The molecule has 0 aliphatic rings. The second-order valence-corrected chi connectivity index (χ2v) is 8.63. The van der Waals surface area contributed by atoms with Crippen LogP contribution in [-0.2, 0) is 28.7 Å². The number of amides is 1. The van der Waals surface area contributed by atoms with Crippen LogP contribution < -0.4 is 5.32 Å². The largest absolute Gasteiger partial charge is 0.455 e. The van der Waals surface area contributed by atoms with E-state index in [4.69, 9.17) is 16.0 Å². The van der Waals surface area contributed by atoms with E-state index in [-0.39, 0.29) is 17.4 Å². The van der Waals surface area contributed by atoms with Crippen molar-refractivity contribution in [1.82, 2.24) is 5.32 Å². The number of carbonyl (C=O) groups excluding carboxylic acids is 1. The fraction of sp³-hybridized carbons (Fsp3) is 0.211. The van der Waals surface area contributed by atoms with Gasteiger partial charge in [-0.25, -0.2) is 0 Å². The number of carbonyl (C=O) groups is 1. The average molecular weight is 408 g/mol. The monoisotopic (exact) mass is 407 g/mol. The summed E-state index contributed by atoms with van der Waals surface area (Å²) in [5.41, 5.74) is 0.950. The van der Waals surface area contributed by atoms with Crippen LogP contribution in [-0.4, -0.2) is 16.7 Å². The molecule has 0 radical (unpaired) electrons. The van der Waals surface area contributed by atoms with Crippen LogP contribution in [0.3, 0.4) is 0 Å². The third kappa shape index (κ3) is 5.56. The molecule has 1 amide bonds. The molecule has 3 rings (SSSR count). The summed E-state index contributed by atoms with van der Waals surface area (Å²) in [4.78, 5) is 13.3. The molecule has 0 bridgehead atoms. The van der Waals surface area contributed by atoms with E-state index in [2.05, 4.69) is 5.32 Å². The molecule has 3 aromatic rings. The molecule has 1 N–H and O–H groups in total. The first-order chi connectivity index (χ1) is 12.6. The Labute approximate surface area is 163 Å². The minimum absolute atomic E-state index is 0.245. The lowest BCUT2D eigenvalue weighted by Gasteiger charge is -2.03. The molecule has 26 heavy (non-hydrogen) atoms. The van der Waals surface area contributed by atoms with Crippen molar-refractivity contribution in [2.75, 3.05) is 6.54 Å². The van der Waals surface area contributed by atoms with Gasteiger partial charge in [0, 0.05) is 33.0 Å². The smallest absolute Gasteiger partial charge is 0.287 e. The zero-order valence-electron chi connectivity index (χ0n) is 13.9. The lowest BCUT2D eigenvalue weighted by Crippen LogP contribution is -2.25. The molecule has 1 atom stereocenters. The van der Waals surface area contributed by atoms with Gasteiger partial charge >= 0.3 is 0 Å². The van der Waals surface area contributed by atoms with Gasteiger partial charge in [-0.05, 0) is 47.7 Å². The van der Waals surface area contributed by atoms with Gasteiger partial charge in [0.15, 0.2) is 5.76 Å². The Morgan fingerprint density at radius 1 is 1.12 bits per heavy atom. The van der Waals surface area contributed by atoms with Gasteiger partial charge in [0.2, 0.25) is 0 Å². The van der Waals surface area contributed by atoms with Gasteiger partial charge in [0.25, 0.3) is 5.91 Å². The molecule has 0 aliphatic carbocycles. The van der Waals surface area contributed by atoms with Crippen LogP contribution >= 0.6 is 22.9 Å². The third-order valence-electron chi connectivity index (χ3n) is 3.67. The van der Waals surface area contributed by atoms with Crippen molar-refractivity contribution in [2.24, 2.45) is 0 Å². The minimum atomic E-state index is -1.12. The van der Waals surface area contributed by atoms with Crippen molar-refractivity contribution in [3.63, 3.8) is 0 Å². The summed E-state index contributed by atoms with van der Waals surface area (Å²) in [6.07, 6.45) is 0.794. The van der Waals surface area contributed by atoms with Crippen molar-refractivity contribution in [3.8, 4) is 0 Å². The summed E-state index contributed by atoms with van der Waals surface area (Å²) in [6.45, 7) is 0.553. The zero-order valence-corrected chi connectivity index (χ0v) is 16.3. The van der Waals surface area contributed by atoms with Gasteiger partial charge < -0.3 is 9.73 Å². The summed E-state index contributed by atoms with van der Waals surface area (Å²) in [6, 6.07) is 14.6. The number of furan rings is 1. The molecule has 4 nitrogen and oxygen atoms in total. The average Bonchev–Trinajstić information content (AvgIpc) is 3.29. The molecule has 0 unspecified atom stereocenters. The first kappa shape index (κ1) is 18.9. The van der Waals surface area contributed by atoms with E-state index >= 15 is 0 Å². The van der Waals surface area contributed by atoms with E-state index in [1.54, 1.807) is 35.6 Å². The molecule has 0 spiro atoms. The Balaban J connectivity index is 1.48. The SMILES string of the molecule is O=C(NCCc1cccs1)c1ccc(C[S@@](=O)Cc2ccc(Cl)cc2)o1. The summed E-state index contributed by atoms with van der Waals surface area (Å²) in [7, 11) is -1.12. The molecule has 0 saturated heterocycles. The van der Waals surface area contributed by atoms with Crippen LogP contribution in [0.5, 0.6) is 0 Å². The van der Waals surface area contributed by atoms with Crippen molar-refractivity contribution in [2.45, 2.75) is 17.9 Å². The topological polar surface area (TPSA) is 59.3 Å². The number of halogens is 1. The predicted octanol–water partition coefficient (Wildman–Crippen LogP) is 4.42. The Bertz CT molecular complexity index is 873. The fourth-order valence-electron chi connectivity index (χ4n) is 2.39. The maximum atomic E-state index is 12.3. The van der Waals surface area contributed by atoms with Crippen molar-refractivity contribution in [1.29, 1.82) is 0 Å². The van der Waals surface area contributed by atoms with Gasteiger partial charge in [-0.15, -0.1) is 11.3 Å². The Hall–Kier alpha value is -1.89. The molecule has 2 aromatic heterocycles. The molecule has 2 heterocycles. The van der Waals surface area contributed by atoms with Gasteiger partial charge in [-0.1, -0.05) is 29.8 Å². The van der Waals surface area contributed by atoms with Crippen LogP contribution in [0.15, 0.2) is 58.3 Å². The van der Waals surface area contributed by atoms with E-state index in [1.807, 2.05) is 29.6 Å². The van der Waals surface area contributed by atoms with E-state index in [9.17, 15) is 9.00 Å². The Morgan fingerprint density at radius 3 is 2.65 bits per heavy atom. The van der Waals surface area contributed by atoms with E-state index in [0.29, 0.717) is 23.1 Å². The summed E-state index contributed by atoms with van der Waals surface area (Å²) >= 11 is 7.51. The maximum Gasteiger partial charge on any atom is 0.287 e. The molecule has 136 valence electrons. The van der Waals surface area contributed by atoms with Gasteiger partial charge in [0.1, 0.15) is 5.76 Å². The predicted molar refractivity (Wildman–Crippen MR) is 106 cm³/mol. The van der Waals surface area contributed by atoms with E-state index < -0.39 is 10.8 Å². The lowest BCUT2D eigenvalue weighted by molar-refractivity contribution is 0.0925. The second-order valence-electron chi connectivity index (χ2n) is 5.71. The Kier molecular flexibility index (Phi) is 6.66. The number of nitrogens with one attached hydrogen (secondary N) is 1. The summed E-state index contributed by atoms with van der Waals surface area (Å²) < 4.78 is 17.8. The first-order valence-electron chi connectivity index (χ1n) is 8.09. The molecule has 1 aromatic carbocycles. The van der Waals surface area contributed by atoms with Crippen LogP contribution in [0.25, 0.3) is 0 Å². The van der Waals surface area contributed by atoms with Crippen molar-refractivity contribution < 1.29 is 13.4 Å². The van der Waals surface area contributed by atoms with Gasteiger partial charge in [0.05, 0.1) is 5.75 Å². The maximum absolute atomic E-state index is 12.3. The number of hydrogen-bond donors (Lipinski definition) is 1.